The summed E-state index contributed by atoms with van der Waals surface area (Å²) < 4.78 is 27.7. The summed E-state index contributed by atoms with van der Waals surface area (Å²) in [6.45, 7) is 3.81. The minimum Gasteiger partial charge on any atom is -0.356 e. The highest BCUT2D eigenvalue weighted by Gasteiger charge is 2.19. The molecule has 1 fully saturated rings. The van der Waals surface area contributed by atoms with E-state index in [9.17, 15) is 13.6 Å². The zero-order valence-electron chi connectivity index (χ0n) is 18.7. The average molecular weight is 494 g/mol. The van der Waals surface area contributed by atoms with Crippen molar-refractivity contribution >= 4 is 40.8 Å². The summed E-state index contributed by atoms with van der Waals surface area (Å²) in [4.78, 5) is 24.6. The molecule has 1 saturated heterocycles. The number of aromatic amines is 1. The van der Waals surface area contributed by atoms with E-state index in [2.05, 4.69) is 35.7 Å². The van der Waals surface area contributed by atoms with Crippen LogP contribution in [0.1, 0.15) is 22.5 Å². The number of hydrogen-bond donors (Lipinski definition) is 3. The molecule has 0 saturated carbocycles. The van der Waals surface area contributed by atoms with Crippen LogP contribution in [0.3, 0.4) is 0 Å². The quantitative estimate of drug-likeness (QED) is 0.307. The van der Waals surface area contributed by atoms with Crippen LogP contribution in [0.15, 0.2) is 64.6 Å². The second-order valence-electron chi connectivity index (χ2n) is 7.97. The fraction of sp³-hybridized carbons (Fsp3) is 0.167. The number of carbonyl (C=O) groups is 1. The van der Waals surface area contributed by atoms with Crippen molar-refractivity contribution in [3.63, 3.8) is 0 Å². The van der Waals surface area contributed by atoms with Crippen molar-refractivity contribution in [2.45, 2.75) is 23.4 Å². The van der Waals surface area contributed by atoms with E-state index in [1.807, 2.05) is 19.1 Å². The largest absolute Gasteiger partial charge is 0.356 e. The Morgan fingerprint density at radius 2 is 1.77 bits per heavy atom. The number of aryl methyl sites for hydroxylation is 1. The van der Waals surface area contributed by atoms with E-state index in [0.29, 0.717) is 22.5 Å². The zero-order chi connectivity index (χ0) is 24.4. The highest BCUT2D eigenvalue weighted by molar-refractivity contribution is 7.99. The van der Waals surface area contributed by atoms with Crippen molar-refractivity contribution < 1.29 is 13.6 Å². The van der Waals surface area contributed by atoms with Crippen LogP contribution in [0.2, 0.25) is 0 Å². The number of nitrogens with zero attached hydrogens (tertiary/aromatic N) is 4. The first-order valence-corrected chi connectivity index (χ1v) is 11.7. The summed E-state index contributed by atoms with van der Waals surface area (Å²) >= 11 is 1.36. The normalized spacial score (nSPS) is 12.8. The standard InChI is InChI=1S/C24H21F2N7OS/c1-14-12-20(32-31-14)28-19-13-21(33-10-3-11-33)30-24(29-19)35-16-8-6-15(7-9-16)27-23(34)22-17(25)4-2-5-18(22)26/h2,4-9,12-13H,3,10-11H2,1H3,(H,27,34)(H2,28,29,30,31,32). The van der Waals surface area contributed by atoms with Crippen LogP contribution >= 0.6 is 11.8 Å². The van der Waals surface area contributed by atoms with Gasteiger partial charge in [-0.25, -0.2) is 18.7 Å². The lowest BCUT2D eigenvalue weighted by Gasteiger charge is -2.32. The molecule has 0 atom stereocenters. The predicted molar refractivity (Wildman–Crippen MR) is 130 cm³/mol. The molecule has 178 valence electrons. The number of hydrogen-bond acceptors (Lipinski definition) is 7. The van der Waals surface area contributed by atoms with Gasteiger partial charge in [0.25, 0.3) is 5.91 Å². The van der Waals surface area contributed by atoms with Gasteiger partial charge in [-0.2, -0.15) is 5.10 Å². The third-order valence-corrected chi connectivity index (χ3v) is 6.22. The molecule has 1 amide bonds. The van der Waals surface area contributed by atoms with Gasteiger partial charge >= 0.3 is 0 Å². The molecule has 0 spiro atoms. The molecule has 1 aliphatic rings. The average Bonchev–Trinajstić information content (AvgIpc) is 3.18. The van der Waals surface area contributed by atoms with Crippen LogP contribution in [0.4, 0.5) is 31.9 Å². The molecule has 4 aromatic rings. The summed E-state index contributed by atoms with van der Waals surface area (Å²) in [6, 6.07) is 14.0. The topological polar surface area (TPSA) is 98.8 Å². The fourth-order valence-electron chi connectivity index (χ4n) is 3.46. The number of amides is 1. The van der Waals surface area contributed by atoms with Crippen molar-refractivity contribution in [2.75, 3.05) is 28.6 Å². The summed E-state index contributed by atoms with van der Waals surface area (Å²) in [7, 11) is 0. The van der Waals surface area contributed by atoms with Crippen LogP contribution in [0, 0.1) is 18.6 Å². The van der Waals surface area contributed by atoms with Crippen molar-refractivity contribution in [1.82, 2.24) is 20.2 Å². The molecule has 8 nitrogen and oxygen atoms in total. The Hall–Kier alpha value is -3.99. The van der Waals surface area contributed by atoms with Crippen LogP contribution < -0.4 is 15.5 Å². The Balaban J connectivity index is 1.32. The Labute approximate surface area is 204 Å². The lowest BCUT2D eigenvalue weighted by Crippen LogP contribution is -2.37. The Morgan fingerprint density at radius 3 is 2.40 bits per heavy atom. The fourth-order valence-corrected chi connectivity index (χ4v) is 4.23. The molecular formula is C24H21F2N7OS. The van der Waals surface area contributed by atoms with Crippen molar-refractivity contribution in [3.8, 4) is 0 Å². The molecule has 35 heavy (non-hydrogen) atoms. The number of aromatic nitrogens is 4. The number of nitrogens with one attached hydrogen (secondary N) is 3. The third kappa shape index (κ3) is 5.24. The van der Waals surface area contributed by atoms with Crippen LogP contribution in [0.5, 0.6) is 0 Å². The van der Waals surface area contributed by atoms with Crippen molar-refractivity contribution in [1.29, 1.82) is 0 Å². The smallest absolute Gasteiger partial charge is 0.261 e. The maximum atomic E-state index is 13.9. The number of benzene rings is 2. The first kappa shape index (κ1) is 22.8. The Kier molecular flexibility index (Phi) is 6.32. The van der Waals surface area contributed by atoms with Gasteiger partial charge < -0.3 is 15.5 Å². The van der Waals surface area contributed by atoms with E-state index in [4.69, 9.17) is 0 Å². The molecule has 11 heteroatoms. The predicted octanol–water partition coefficient (Wildman–Crippen LogP) is 5.14. The minimum absolute atomic E-state index is 0.411. The highest BCUT2D eigenvalue weighted by Crippen LogP contribution is 2.31. The van der Waals surface area contributed by atoms with E-state index >= 15 is 0 Å². The molecule has 0 radical (unpaired) electrons. The van der Waals surface area contributed by atoms with Gasteiger partial charge in [0.2, 0.25) is 0 Å². The van der Waals surface area contributed by atoms with Crippen molar-refractivity contribution in [3.05, 3.63) is 77.5 Å². The molecule has 1 aliphatic heterocycles. The van der Waals surface area contributed by atoms with E-state index in [1.165, 1.54) is 17.8 Å². The molecule has 5 rings (SSSR count). The molecule has 0 unspecified atom stereocenters. The third-order valence-electron chi connectivity index (χ3n) is 5.35. The molecular weight excluding hydrogens is 472 g/mol. The first-order chi connectivity index (χ1) is 16.9. The first-order valence-electron chi connectivity index (χ1n) is 10.9. The van der Waals surface area contributed by atoms with Gasteiger partial charge in [0.1, 0.15) is 28.8 Å². The minimum atomic E-state index is -0.914. The number of anilines is 4. The molecule has 3 N–H and O–H groups in total. The maximum Gasteiger partial charge on any atom is 0.261 e. The molecule has 2 aromatic carbocycles. The van der Waals surface area contributed by atoms with Gasteiger partial charge in [-0.15, -0.1) is 0 Å². The lowest BCUT2D eigenvalue weighted by atomic mass is 10.2. The lowest BCUT2D eigenvalue weighted by molar-refractivity contribution is 0.101. The van der Waals surface area contributed by atoms with Gasteiger partial charge in [0, 0.05) is 41.5 Å². The van der Waals surface area contributed by atoms with Crippen molar-refractivity contribution in [2.24, 2.45) is 0 Å². The molecule has 2 aromatic heterocycles. The summed E-state index contributed by atoms with van der Waals surface area (Å²) in [6.07, 6.45) is 1.12. The molecule has 0 aliphatic carbocycles. The van der Waals surface area contributed by atoms with Crippen LogP contribution in [-0.4, -0.2) is 39.2 Å². The zero-order valence-corrected chi connectivity index (χ0v) is 19.5. The van der Waals surface area contributed by atoms with E-state index in [1.54, 1.807) is 24.3 Å². The molecule has 0 bridgehead atoms. The summed E-state index contributed by atoms with van der Waals surface area (Å²) in [5.41, 5.74) is 0.729. The van der Waals surface area contributed by atoms with Gasteiger partial charge in [0.05, 0.1) is 0 Å². The van der Waals surface area contributed by atoms with Crippen LogP contribution in [0.25, 0.3) is 0 Å². The van der Waals surface area contributed by atoms with E-state index < -0.39 is 23.1 Å². The Bertz CT molecular complexity index is 1350. The maximum absolute atomic E-state index is 13.9. The monoisotopic (exact) mass is 493 g/mol. The molecule has 3 heterocycles. The summed E-state index contributed by atoms with van der Waals surface area (Å²) in [5, 5.41) is 13.4. The number of halogens is 2. The van der Waals surface area contributed by atoms with E-state index in [-0.39, 0.29) is 0 Å². The van der Waals surface area contributed by atoms with E-state index in [0.717, 1.165) is 48.1 Å². The number of H-pyrrole nitrogens is 1. The van der Waals surface area contributed by atoms with Gasteiger partial charge in [-0.1, -0.05) is 6.07 Å². The van der Waals surface area contributed by atoms with Crippen LogP contribution in [-0.2, 0) is 0 Å². The summed E-state index contributed by atoms with van der Waals surface area (Å²) in [5.74, 6) is -0.549. The highest BCUT2D eigenvalue weighted by atomic mass is 32.2. The Morgan fingerprint density at radius 1 is 1.03 bits per heavy atom. The number of rotatable bonds is 7. The SMILES string of the molecule is Cc1cc(Nc2cc(N3CCC3)nc(Sc3ccc(NC(=O)c4c(F)cccc4F)cc3)n2)n[nH]1. The second kappa shape index (κ2) is 9.71. The van der Waals surface area contributed by atoms with Gasteiger partial charge in [-0.3, -0.25) is 9.89 Å². The second-order valence-corrected chi connectivity index (χ2v) is 9.01. The number of carbonyl (C=O) groups excluding carboxylic acids is 1. The van der Waals surface area contributed by atoms with Gasteiger partial charge in [-0.05, 0) is 61.5 Å². The van der Waals surface area contributed by atoms with Gasteiger partial charge in [0.15, 0.2) is 11.0 Å².